The second-order valence-corrected chi connectivity index (χ2v) is 7.13. The highest BCUT2D eigenvalue weighted by Crippen LogP contribution is 2.25. The fourth-order valence-electron chi connectivity index (χ4n) is 3.34. The normalized spacial score (nSPS) is 18.6. The van der Waals surface area contributed by atoms with E-state index < -0.39 is 0 Å². The molecular weight excluding hydrogens is 316 g/mol. The number of aromatic amines is 1. The predicted molar refractivity (Wildman–Crippen MR) is 96.5 cm³/mol. The number of H-pyrrole nitrogens is 1. The quantitative estimate of drug-likeness (QED) is 0.872. The third-order valence-electron chi connectivity index (χ3n) is 4.87. The fourth-order valence-corrected chi connectivity index (χ4v) is 3.34. The number of carbonyl (C=O) groups is 1. The minimum Gasteiger partial charge on any atom is -0.367 e. The zero-order valence-corrected chi connectivity index (χ0v) is 15.3. The summed E-state index contributed by atoms with van der Waals surface area (Å²) >= 11 is 0. The molecular formula is C18H26N6O. The van der Waals surface area contributed by atoms with Crippen molar-refractivity contribution in [3.63, 3.8) is 0 Å². The average Bonchev–Trinajstić information content (AvgIpc) is 3.24. The van der Waals surface area contributed by atoms with Gasteiger partial charge in [0.2, 0.25) is 0 Å². The summed E-state index contributed by atoms with van der Waals surface area (Å²) < 4.78 is 0. The Morgan fingerprint density at radius 3 is 2.88 bits per heavy atom. The number of rotatable bonds is 5. The summed E-state index contributed by atoms with van der Waals surface area (Å²) in [6.07, 6.45) is 4.20. The molecule has 1 aliphatic heterocycles. The molecule has 0 bridgehead atoms. The first kappa shape index (κ1) is 17.4. The van der Waals surface area contributed by atoms with Crippen LogP contribution in [0.15, 0.2) is 18.6 Å². The number of anilines is 1. The Morgan fingerprint density at radius 2 is 2.16 bits per heavy atom. The molecule has 3 rings (SSSR count). The van der Waals surface area contributed by atoms with E-state index in [2.05, 4.69) is 46.3 Å². The standard InChI is InChI=1S/C18H26N6O/c1-11(2)17-15(8-21-23-17)18(25)24-6-5-14(9-24)13(4)22-16-7-12(3)19-10-20-16/h7-8,10-11,13-14H,5-6,9H2,1-4H3,(H,21,23)(H,19,20,22). The first-order chi connectivity index (χ1) is 12.0. The lowest BCUT2D eigenvalue weighted by molar-refractivity contribution is 0.0785. The van der Waals surface area contributed by atoms with Gasteiger partial charge in [0.05, 0.1) is 17.5 Å². The van der Waals surface area contributed by atoms with Crippen LogP contribution >= 0.6 is 0 Å². The van der Waals surface area contributed by atoms with E-state index in [1.807, 2.05) is 17.9 Å². The predicted octanol–water partition coefficient (Wildman–Crippen LogP) is 2.59. The lowest BCUT2D eigenvalue weighted by atomic mass is 10.0. The minimum atomic E-state index is 0.0741. The number of aromatic nitrogens is 4. The van der Waals surface area contributed by atoms with E-state index in [9.17, 15) is 4.79 Å². The second-order valence-electron chi connectivity index (χ2n) is 7.13. The molecule has 7 nitrogen and oxygen atoms in total. The van der Waals surface area contributed by atoms with Crippen LogP contribution in [0.3, 0.4) is 0 Å². The SMILES string of the molecule is Cc1cc(NC(C)C2CCN(C(=O)c3cn[nH]c3C(C)C)C2)ncn1. The van der Waals surface area contributed by atoms with Crippen LogP contribution in [0.2, 0.25) is 0 Å². The number of hydrogen-bond donors (Lipinski definition) is 2. The molecule has 2 atom stereocenters. The van der Waals surface area contributed by atoms with Crippen LogP contribution in [0.25, 0.3) is 0 Å². The lowest BCUT2D eigenvalue weighted by Gasteiger charge is -2.22. The van der Waals surface area contributed by atoms with Crippen LogP contribution in [0.5, 0.6) is 0 Å². The highest BCUT2D eigenvalue weighted by Gasteiger charge is 2.32. The molecule has 2 aromatic rings. The van der Waals surface area contributed by atoms with E-state index >= 15 is 0 Å². The van der Waals surface area contributed by atoms with Gasteiger partial charge < -0.3 is 10.2 Å². The number of carbonyl (C=O) groups excluding carboxylic acids is 1. The van der Waals surface area contributed by atoms with Crippen LogP contribution in [0, 0.1) is 12.8 Å². The number of aryl methyl sites for hydroxylation is 1. The Kier molecular flexibility index (Phi) is 5.01. The Morgan fingerprint density at radius 1 is 1.36 bits per heavy atom. The van der Waals surface area contributed by atoms with Gasteiger partial charge in [-0.1, -0.05) is 13.8 Å². The zero-order chi connectivity index (χ0) is 18.0. The highest BCUT2D eigenvalue weighted by molar-refractivity contribution is 5.95. The molecule has 0 spiro atoms. The number of hydrogen-bond acceptors (Lipinski definition) is 5. The zero-order valence-electron chi connectivity index (χ0n) is 15.3. The number of nitrogens with one attached hydrogen (secondary N) is 2. The molecule has 2 aromatic heterocycles. The number of likely N-dealkylation sites (tertiary alicyclic amines) is 1. The number of nitrogens with zero attached hydrogens (tertiary/aromatic N) is 4. The molecule has 7 heteroatoms. The first-order valence-corrected chi connectivity index (χ1v) is 8.83. The van der Waals surface area contributed by atoms with E-state index in [1.54, 1.807) is 12.5 Å². The van der Waals surface area contributed by atoms with Gasteiger partial charge >= 0.3 is 0 Å². The van der Waals surface area contributed by atoms with Crippen molar-refractivity contribution in [1.29, 1.82) is 0 Å². The third kappa shape index (κ3) is 3.81. The second kappa shape index (κ2) is 7.21. The molecule has 1 aliphatic rings. The largest absolute Gasteiger partial charge is 0.367 e. The smallest absolute Gasteiger partial charge is 0.257 e. The van der Waals surface area contributed by atoms with Gasteiger partial charge in [0.15, 0.2) is 0 Å². The van der Waals surface area contributed by atoms with Crippen LogP contribution in [-0.2, 0) is 0 Å². The topological polar surface area (TPSA) is 86.8 Å². The van der Waals surface area contributed by atoms with E-state index in [0.717, 1.165) is 36.7 Å². The maximum Gasteiger partial charge on any atom is 0.257 e. The first-order valence-electron chi connectivity index (χ1n) is 8.83. The van der Waals surface area contributed by atoms with E-state index in [-0.39, 0.29) is 17.9 Å². The molecule has 1 fully saturated rings. The summed E-state index contributed by atoms with van der Waals surface area (Å²) in [7, 11) is 0. The summed E-state index contributed by atoms with van der Waals surface area (Å²) in [5.74, 6) is 1.56. The molecule has 0 aromatic carbocycles. The molecule has 1 amide bonds. The van der Waals surface area contributed by atoms with Crippen molar-refractivity contribution < 1.29 is 4.79 Å². The Balaban J connectivity index is 1.63. The van der Waals surface area contributed by atoms with Gasteiger partial charge in [0.25, 0.3) is 5.91 Å². The van der Waals surface area contributed by atoms with Gasteiger partial charge in [-0.05, 0) is 32.1 Å². The van der Waals surface area contributed by atoms with Crippen molar-refractivity contribution in [2.24, 2.45) is 5.92 Å². The maximum atomic E-state index is 12.8. The van der Waals surface area contributed by atoms with Gasteiger partial charge in [-0.15, -0.1) is 0 Å². The molecule has 0 radical (unpaired) electrons. The van der Waals surface area contributed by atoms with Gasteiger partial charge in [0, 0.05) is 30.9 Å². The fraction of sp³-hybridized carbons (Fsp3) is 0.556. The van der Waals surface area contributed by atoms with E-state index in [4.69, 9.17) is 0 Å². The molecule has 1 saturated heterocycles. The molecule has 2 unspecified atom stereocenters. The van der Waals surface area contributed by atoms with Gasteiger partial charge in [-0.25, -0.2) is 9.97 Å². The van der Waals surface area contributed by atoms with Crippen LogP contribution in [-0.4, -0.2) is 50.1 Å². The van der Waals surface area contributed by atoms with E-state index in [1.165, 1.54) is 0 Å². The van der Waals surface area contributed by atoms with Crippen molar-refractivity contribution in [1.82, 2.24) is 25.1 Å². The van der Waals surface area contributed by atoms with Crippen LogP contribution < -0.4 is 5.32 Å². The van der Waals surface area contributed by atoms with E-state index in [0.29, 0.717) is 11.5 Å². The summed E-state index contributed by atoms with van der Waals surface area (Å²) in [6.45, 7) is 9.75. The molecule has 0 aliphatic carbocycles. The van der Waals surface area contributed by atoms with Crippen molar-refractivity contribution in [3.8, 4) is 0 Å². The lowest BCUT2D eigenvalue weighted by Crippen LogP contribution is -2.33. The molecule has 134 valence electrons. The Labute approximate surface area is 148 Å². The summed E-state index contributed by atoms with van der Waals surface area (Å²) in [6, 6.07) is 2.18. The van der Waals surface area contributed by atoms with Crippen molar-refractivity contribution in [2.75, 3.05) is 18.4 Å². The van der Waals surface area contributed by atoms with Crippen LogP contribution in [0.1, 0.15) is 54.9 Å². The van der Waals surface area contributed by atoms with Crippen molar-refractivity contribution >= 4 is 11.7 Å². The maximum absolute atomic E-state index is 12.8. The molecule has 25 heavy (non-hydrogen) atoms. The molecule has 0 saturated carbocycles. The highest BCUT2D eigenvalue weighted by atomic mass is 16.2. The van der Waals surface area contributed by atoms with Gasteiger partial charge in [-0.2, -0.15) is 5.10 Å². The Hall–Kier alpha value is -2.44. The summed E-state index contributed by atoms with van der Waals surface area (Å²) in [5.41, 5.74) is 2.55. The summed E-state index contributed by atoms with van der Waals surface area (Å²) in [5, 5.41) is 10.5. The molecule has 2 N–H and O–H groups in total. The van der Waals surface area contributed by atoms with Crippen LogP contribution in [0.4, 0.5) is 5.82 Å². The van der Waals surface area contributed by atoms with Crippen molar-refractivity contribution in [3.05, 3.63) is 35.5 Å². The minimum absolute atomic E-state index is 0.0741. The third-order valence-corrected chi connectivity index (χ3v) is 4.87. The van der Waals surface area contributed by atoms with Crippen molar-refractivity contribution in [2.45, 2.75) is 46.1 Å². The van der Waals surface area contributed by atoms with Gasteiger partial charge in [-0.3, -0.25) is 9.89 Å². The summed E-state index contributed by atoms with van der Waals surface area (Å²) in [4.78, 5) is 23.1. The monoisotopic (exact) mass is 342 g/mol. The average molecular weight is 342 g/mol. The number of amides is 1. The Bertz CT molecular complexity index is 741. The van der Waals surface area contributed by atoms with Gasteiger partial charge in [0.1, 0.15) is 12.1 Å². The molecule has 3 heterocycles.